The van der Waals surface area contributed by atoms with Gasteiger partial charge in [0.1, 0.15) is 30.2 Å². The molecule has 1 amide bonds. The van der Waals surface area contributed by atoms with E-state index in [0.29, 0.717) is 34.1 Å². The molecule has 230 valence electrons. The molecule has 0 fully saturated rings. The molecule has 45 heavy (non-hydrogen) atoms. The van der Waals surface area contributed by atoms with E-state index in [1.54, 1.807) is 48.5 Å². The molecule has 4 aromatic carbocycles. The van der Waals surface area contributed by atoms with Crippen molar-refractivity contribution in [2.75, 3.05) is 25.7 Å². The van der Waals surface area contributed by atoms with Gasteiger partial charge in [0.2, 0.25) is 0 Å². The van der Waals surface area contributed by atoms with Gasteiger partial charge in [0.05, 0.1) is 19.9 Å². The molecule has 1 heterocycles. The molecule has 9 nitrogen and oxygen atoms in total. The van der Waals surface area contributed by atoms with E-state index in [1.165, 1.54) is 60.5 Å². The lowest BCUT2D eigenvalue weighted by Gasteiger charge is -2.22. The zero-order valence-corrected chi connectivity index (χ0v) is 23.8. The van der Waals surface area contributed by atoms with Crippen molar-refractivity contribution in [3.05, 3.63) is 109 Å². The fourth-order valence-electron chi connectivity index (χ4n) is 4.47. The Bertz CT molecular complexity index is 1820. The second kappa shape index (κ2) is 12.9. The minimum Gasteiger partial charge on any atom is -0.496 e. The monoisotopic (exact) mass is 620 g/mol. The Morgan fingerprint density at radius 3 is 2.27 bits per heavy atom. The number of carbonyl (C=O) groups excluding carboxylic acids is 2. The fraction of sp³-hybridized carbons (Fsp3) is 0.125. The fourth-order valence-corrected chi connectivity index (χ4v) is 4.47. The van der Waals surface area contributed by atoms with Crippen LogP contribution in [0.4, 0.5) is 23.2 Å². The molecule has 0 aliphatic rings. The molecule has 0 saturated heterocycles. The summed E-state index contributed by atoms with van der Waals surface area (Å²) < 4.78 is 67.7. The van der Waals surface area contributed by atoms with Gasteiger partial charge in [-0.1, -0.05) is 18.2 Å². The van der Waals surface area contributed by atoms with Crippen LogP contribution in [0.25, 0.3) is 28.2 Å². The molecule has 5 aromatic rings. The Balaban J connectivity index is 1.40. The Morgan fingerprint density at radius 2 is 1.60 bits per heavy atom. The molecule has 0 saturated carbocycles. The number of rotatable bonds is 9. The van der Waals surface area contributed by atoms with Crippen LogP contribution >= 0.6 is 0 Å². The van der Waals surface area contributed by atoms with E-state index in [1.807, 2.05) is 0 Å². The summed E-state index contributed by atoms with van der Waals surface area (Å²) in [5.41, 5.74) is 2.07. The van der Waals surface area contributed by atoms with E-state index in [9.17, 15) is 27.2 Å². The van der Waals surface area contributed by atoms with E-state index in [2.05, 4.69) is 14.8 Å². The van der Waals surface area contributed by atoms with Gasteiger partial charge in [0, 0.05) is 27.9 Å². The molecule has 0 aliphatic heterocycles. The van der Waals surface area contributed by atoms with Crippen molar-refractivity contribution in [3.63, 3.8) is 0 Å². The first kappa shape index (κ1) is 30.7. The van der Waals surface area contributed by atoms with Crippen molar-refractivity contribution in [1.82, 2.24) is 14.8 Å². The van der Waals surface area contributed by atoms with Crippen LogP contribution in [0.3, 0.4) is 0 Å². The average Bonchev–Trinajstić information content (AvgIpc) is 3.53. The Labute approximate surface area is 254 Å². The lowest BCUT2D eigenvalue weighted by atomic mass is 10.0. The number of anilines is 1. The number of halogens is 4. The first-order valence-corrected chi connectivity index (χ1v) is 13.3. The number of alkyl halides is 3. The summed E-state index contributed by atoms with van der Waals surface area (Å²) in [7, 11) is 2.66. The molecular weight excluding hydrogens is 596 g/mol. The van der Waals surface area contributed by atoms with Gasteiger partial charge in [-0.25, -0.2) is 14.1 Å². The number of hydrogen-bond acceptors (Lipinski definition) is 7. The van der Waals surface area contributed by atoms with Gasteiger partial charge in [-0.2, -0.15) is 0 Å². The molecule has 0 unspecified atom stereocenters. The number of carbonyl (C=O) groups is 2. The number of benzene rings is 4. The molecule has 0 atom stereocenters. The van der Waals surface area contributed by atoms with Crippen LogP contribution in [-0.4, -0.2) is 53.8 Å². The SMILES string of the molecule is COC(=O)CN(C(=O)c1ccc(F)c(-c2ccccc2OC)c1)c1ccc(-c2ncn(-c3ccc(OC(F)(F)F)cc3)n2)cc1. The summed E-state index contributed by atoms with van der Waals surface area (Å²) in [4.78, 5) is 31.5. The highest BCUT2D eigenvalue weighted by Gasteiger charge is 2.31. The van der Waals surface area contributed by atoms with Gasteiger partial charge in [-0.3, -0.25) is 14.5 Å². The maximum Gasteiger partial charge on any atom is 0.573 e. The van der Waals surface area contributed by atoms with Crippen LogP contribution in [-0.2, 0) is 9.53 Å². The zero-order chi connectivity index (χ0) is 32.1. The van der Waals surface area contributed by atoms with E-state index in [0.717, 1.165) is 12.1 Å². The summed E-state index contributed by atoms with van der Waals surface area (Å²) in [5, 5.41) is 4.38. The van der Waals surface area contributed by atoms with Gasteiger partial charge in [-0.15, -0.1) is 18.3 Å². The highest BCUT2D eigenvalue weighted by molar-refractivity contribution is 6.09. The normalized spacial score (nSPS) is 11.2. The van der Waals surface area contributed by atoms with Crippen LogP contribution in [0.2, 0.25) is 0 Å². The second-order valence-corrected chi connectivity index (χ2v) is 9.46. The predicted octanol–water partition coefficient (Wildman–Crippen LogP) is 6.47. The van der Waals surface area contributed by atoms with Crippen LogP contribution in [0.1, 0.15) is 10.4 Å². The molecule has 1 aromatic heterocycles. The van der Waals surface area contributed by atoms with Crippen LogP contribution in [0.15, 0.2) is 97.3 Å². The number of methoxy groups -OCH3 is 2. The molecule has 0 N–H and O–H groups in total. The van der Waals surface area contributed by atoms with E-state index in [-0.39, 0.29) is 16.9 Å². The van der Waals surface area contributed by atoms with Crippen molar-refractivity contribution in [2.45, 2.75) is 6.36 Å². The van der Waals surface area contributed by atoms with Crippen LogP contribution in [0, 0.1) is 5.82 Å². The standard InChI is InChI=1S/C32H24F4N4O5/c1-43-28-6-4-3-5-25(28)26-17-21(9-16-27(26)33)31(42)39(18-29(41)44-2)22-10-7-20(8-11-22)30-37-19-40(38-30)23-12-14-24(15-13-23)45-32(34,35)36/h3-17,19H,18H2,1-2H3. The summed E-state index contributed by atoms with van der Waals surface area (Å²) in [6, 6.07) is 22.3. The number of aromatic nitrogens is 3. The smallest absolute Gasteiger partial charge is 0.496 e. The third-order valence-corrected chi connectivity index (χ3v) is 6.63. The van der Waals surface area contributed by atoms with E-state index in [4.69, 9.17) is 9.47 Å². The number of esters is 1. The number of para-hydroxylation sites is 1. The molecular formula is C32H24F4N4O5. The Hall–Kier alpha value is -5.72. The third-order valence-electron chi connectivity index (χ3n) is 6.63. The van der Waals surface area contributed by atoms with Crippen molar-refractivity contribution in [2.24, 2.45) is 0 Å². The summed E-state index contributed by atoms with van der Waals surface area (Å²) >= 11 is 0. The highest BCUT2D eigenvalue weighted by atomic mass is 19.4. The number of ether oxygens (including phenoxy) is 3. The molecule has 5 rings (SSSR count). The van der Waals surface area contributed by atoms with E-state index < -0.39 is 30.6 Å². The molecule has 0 bridgehead atoms. The lowest BCUT2D eigenvalue weighted by molar-refractivity contribution is -0.274. The lowest BCUT2D eigenvalue weighted by Crippen LogP contribution is -2.36. The van der Waals surface area contributed by atoms with Crippen molar-refractivity contribution in [1.29, 1.82) is 0 Å². The first-order chi connectivity index (χ1) is 21.6. The second-order valence-electron chi connectivity index (χ2n) is 9.46. The first-order valence-electron chi connectivity index (χ1n) is 13.3. The summed E-state index contributed by atoms with van der Waals surface area (Å²) in [6.07, 6.45) is -3.41. The highest BCUT2D eigenvalue weighted by Crippen LogP contribution is 2.33. The molecule has 0 radical (unpaired) electrons. The number of nitrogens with zero attached hydrogens (tertiary/aromatic N) is 4. The van der Waals surface area contributed by atoms with Crippen molar-refractivity contribution < 1.29 is 41.4 Å². The summed E-state index contributed by atoms with van der Waals surface area (Å²) in [5.74, 6) is -1.46. The van der Waals surface area contributed by atoms with Gasteiger partial charge in [0.25, 0.3) is 5.91 Å². The van der Waals surface area contributed by atoms with Gasteiger partial charge in [-0.05, 0) is 72.8 Å². The quantitative estimate of drug-likeness (QED) is 0.138. The largest absolute Gasteiger partial charge is 0.573 e. The minimum absolute atomic E-state index is 0.123. The summed E-state index contributed by atoms with van der Waals surface area (Å²) in [6.45, 7) is -0.420. The van der Waals surface area contributed by atoms with Crippen molar-refractivity contribution in [3.8, 4) is 39.7 Å². The van der Waals surface area contributed by atoms with Gasteiger partial charge in [0.15, 0.2) is 5.82 Å². The molecule has 0 spiro atoms. The van der Waals surface area contributed by atoms with Crippen LogP contribution in [0.5, 0.6) is 11.5 Å². The Morgan fingerprint density at radius 1 is 0.889 bits per heavy atom. The molecule has 13 heteroatoms. The maximum absolute atomic E-state index is 14.9. The number of amides is 1. The minimum atomic E-state index is -4.80. The topological polar surface area (TPSA) is 95.8 Å². The maximum atomic E-state index is 14.9. The third kappa shape index (κ3) is 7.09. The average molecular weight is 621 g/mol. The Kier molecular flexibility index (Phi) is 8.79. The van der Waals surface area contributed by atoms with Crippen LogP contribution < -0.4 is 14.4 Å². The predicted molar refractivity (Wildman–Crippen MR) is 156 cm³/mol. The van der Waals surface area contributed by atoms with Crippen molar-refractivity contribution >= 4 is 17.6 Å². The zero-order valence-electron chi connectivity index (χ0n) is 23.8. The molecule has 0 aliphatic carbocycles. The van der Waals surface area contributed by atoms with Gasteiger partial charge < -0.3 is 14.2 Å². The van der Waals surface area contributed by atoms with Gasteiger partial charge >= 0.3 is 12.3 Å². The number of hydrogen-bond donors (Lipinski definition) is 0. The van der Waals surface area contributed by atoms with E-state index >= 15 is 0 Å².